The molecule has 6 heteroatoms. The van der Waals surface area contributed by atoms with Crippen molar-refractivity contribution in [3.63, 3.8) is 0 Å². The van der Waals surface area contributed by atoms with Gasteiger partial charge in [-0.05, 0) is 38.0 Å². The summed E-state index contributed by atoms with van der Waals surface area (Å²) >= 11 is 0. The maximum Gasteiger partial charge on any atom is 0.307 e. The van der Waals surface area contributed by atoms with Crippen LogP contribution in [0.1, 0.15) is 24.2 Å². The van der Waals surface area contributed by atoms with E-state index in [0.717, 1.165) is 5.56 Å². The molecular formula is C16H16FNO4. The minimum Gasteiger partial charge on any atom is -0.481 e. The van der Waals surface area contributed by atoms with Crippen molar-refractivity contribution in [3.05, 3.63) is 35.3 Å². The third kappa shape index (κ3) is 2.45. The molecule has 5 nitrogen and oxygen atoms in total. The Hall–Kier alpha value is -2.37. The van der Waals surface area contributed by atoms with Crippen molar-refractivity contribution in [1.82, 2.24) is 5.32 Å². The van der Waals surface area contributed by atoms with Crippen LogP contribution >= 0.6 is 0 Å². The number of furan rings is 1. The van der Waals surface area contributed by atoms with E-state index in [2.05, 4.69) is 5.32 Å². The molecule has 0 saturated heterocycles. The van der Waals surface area contributed by atoms with Gasteiger partial charge in [-0.3, -0.25) is 9.59 Å². The molecule has 3 rings (SSSR count). The predicted molar refractivity (Wildman–Crippen MR) is 76.6 cm³/mol. The smallest absolute Gasteiger partial charge is 0.307 e. The highest BCUT2D eigenvalue weighted by Crippen LogP contribution is 2.34. The molecule has 0 aliphatic heterocycles. The summed E-state index contributed by atoms with van der Waals surface area (Å²) in [4.78, 5) is 23.0. The topological polar surface area (TPSA) is 79.5 Å². The number of nitrogens with one attached hydrogen (secondary N) is 1. The summed E-state index contributed by atoms with van der Waals surface area (Å²) < 4.78 is 18.9. The summed E-state index contributed by atoms with van der Waals surface area (Å²) in [6, 6.07) is 4.26. The van der Waals surface area contributed by atoms with Crippen LogP contribution in [0, 0.1) is 24.6 Å². The first-order valence-corrected chi connectivity index (χ1v) is 7.15. The molecule has 2 unspecified atom stereocenters. The number of amides is 1. The molecule has 116 valence electrons. The quantitative estimate of drug-likeness (QED) is 0.910. The van der Waals surface area contributed by atoms with Crippen LogP contribution < -0.4 is 5.32 Å². The number of carboxylic acid groups (broad SMARTS) is 1. The lowest BCUT2D eigenvalue weighted by Crippen LogP contribution is -2.43. The summed E-state index contributed by atoms with van der Waals surface area (Å²) in [5, 5.41) is 12.4. The number of carboxylic acids is 1. The monoisotopic (exact) mass is 305 g/mol. The molecule has 1 fully saturated rings. The van der Waals surface area contributed by atoms with Gasteiger partial charge in [0.25, 0.3) is 0 Å². The molecule has 1 heterocycles. The van der Waals surface area contributed by atoms with Crippen LogP contribution in [0.15, 0.2) is 22.6 Å². The normalized spacial score (nSPS) is 20.6. The largest absolute Gasteiger partial charge is 0.481 e. The van der Waals surface area contributed by atoms with Crippen molar-refractivity contribution in [1.29, 1.82) is 0 Å². The Balaban J connectivity index is 1.70. The molecule has 1 amide bonds. The van der Waals surface area contributed by atoms with Crippen molar-refractivity contribution < 1.29 is 23.5 Å². The first kappa shape index (κ1) is 14.6. The molecule has 1 aliphatic carbocycles. The zero-order valence-corrected chi connectivity index (χ0v) is 12.1. The summed E-state index contributed by atoms with van der Waals surface area (Å²) in [5.41, 5.74) is 1.34. The fraction of sp³-hybridized carbons (Fsp3) is 0.375. The van der Waals surface area contributed by atoms with Crippen LogP contribution in [0.4, 0.5) is 4.39 Å². The van der Waals surface area contributed by atoms with Gasteiger partial charge in [0.15, 0.2) is 0 Å². The molecule has 1 aromatic carbocycles. The number of carbonyl (C=O) groups excluding carboxylic acids is 1. The Morgan fingerprint density at radius 3 is 2.73 bits per heavy atom. The van der Waals surface area contributed by atoms with Gasteiger partial charge in [0.2, 0.25) is 5.91 Å². The van der Waals surface area contributed by atoms with Crippen molar-refractivity contribution in [2.24, 2.45) is 11.8 Å². The van der Waals surface area contributed by atoms with Gasteiger partial charge in [-0.1, -0.05) is 0 Å². The predicted octanol–water partition coefficient (Wildman–Crippen LogP) is 2.61. The van der Waals surface area contributed by atoms with Crippen LogP contribution in [0.3, 0.4) is 0 Å². The van der Waals surface area contributed by atoms with E-state index in [1.165, 1.54) is 12.1 Å². The minimum absolute atomic E-state index is 0.170. The maximum absolute atomic E-state index is 13.3. The lowest BCUT2D eigenvalue weighted by molar-refractivity contribution is -0.152. The number of fused-ring (bicyclic) bond motifs is 1. The molecule has 2 N–H and O–H groups in total. The zero-order valence-electron chi connectivity index (χ0n) is 12.1. The summed E-state index contributed by atoms with van der Waals surface area (Å²) in [6.07, 6.45) is 1.13. The number of aliphatic carboxylic acids is 1. The number of carbonyl (C=O) groups is 2. The number of hydrogen-bond acceptors (Lipinski definition) is 3. The van der Waals surface area contributed by atoms with Crippen molar-refractivity contribution in [3.8, 4) is 0 Å². The highest BCUT2D eigenvalue weighted by Gasteiger charge is 2.41. The molecule has 0 spiro atoms. The fourth-order valence-corrected chi connectivity index (χ4v) is 2.82. The average Bonchev–Trinajstić information content (AvgIpc) is 2.71. The zero-order chi connectivity index (χ0) is 15.9. The lowest BCUT2D eigenvalue weighted by atomic mass is 9.73. The lowest BCUT2D eigenvalue weighted by Gasteiger charge is -2.31. The second-order valence-corrected chi connectivity index (χ2v) is 5.64. The fourth-order valence-electron chi connectivity index (χ4n) is 2.82. The molecule has 22 heavy (non-hydrogen) atoms. The first-order valence-electron chi connectivity index (χ1n) is 7.15. The average molecular weight is 305 g/mol. The van der Waals surface area contributed by atoms with Crippen molar-refractivity contribution >= 4 is 22.8 Å². The Kier molecular flexibility index (Phi) is 3.60. The Labute approximate surface area is 126 Å². The van der Waals surface area contributed by atoms with Gasteiger partial charge in [-0.15, -0.1) is 0 Å². The van der Waals surface area contributed by atoms with Gasteiger partial charge in [-0.25, -0.2) is 4.39 Å². The van der Waals surface area contributed by atoms with Gasteiger partial charge >= 0.3 is 5.97 Å². The summed E-state index contributed by atoms with van der Waals surface area (Å²) in [5.74, 6) is -2.05. The van der Waals surface area contributed by atoms with E-state index in [9.17, 15) is 14.0 Å². The van der Waals surface area contributed by atoms with Gasteiger partial charge < -0.3 is 14.8 Å². The summed E-state index contributed by atoms with van der Waals surface area (Å²) in [6.45, 7) is 1.97. The molecule has 2 aromatic rings. The first-order chi connectivity index (χ1) is 10.5. The maximum atomic E-state index is 13.3. The van der Waals surface area contributed by atoms with Crippen LogP contribution in [-0.4, -0.2) is 17.0 Å². The Morgan fingerprint density at radius 1 is 1.36 bits per heavy atom. The van der Waals surface area contributed by atoms with Crippen LogP contribution in [0.25, 0.3) is 11.0 Å². The number of rotatable bonds is 4. The van der Waals surface area contributed by atoms with E-state index in [1.54, 1.807) is 13.0 Å². The number of benzene rings is 1. The molecule has 0 bridgehead atoms. The SMILES string of the molecule is Cc1c(CNC(=O)C2CCC2C(=O)O)oc2ccc(F)cc12. The minimum atomic E-state index is -0.929. The second kappa shape index (κ2) is 5.44. The van der Waals surface area contributed by atoms with Gasteiger partial charge in [-0.2, -0.15) is 0 Å². The molecule has 2 atom stereocenters. The standard InChI is InChI=1S/C16H16FNO4/c1-8-12-6-9(17)2-5-13(12)22-14(8)7-18-15(19)10-3-4-11(10)16(20)21/h2,5-6,10-11H,3-4,7H2,1H3,(H,18,19)(H,20,21). The van der Waals surface area contributed by atoms with Crippen LogP contribution in [0.2, 0.25) is 0 Å². The molecular weight excluding hydrogens is 289 g/mol. The highest BCUT2D eigenvalue weighted by atomic mass is 19.1. The van der Waals surface area contributed by atoms with Crippen LogP contribution in [-0.2, 0) is 16.1 Å². The Bertz CT molecular complexity index is 752. The molecule has 1 aliphatic rings. The highest BCUT2D eigenvalue weighted by molar-refractivity contribution is 5.86. The van der Waals surface area contributed by atoms with Gasteiger partial charge in [0, 0.05) is 10.9 Å². The summed E-state index contributed by atoms with van der Waals surface area (Å²) in [7, 11) is 0. The Morgan fingerprint density at radius 2 is 2.09 bits per heavy atom. The van der Waals surface area contributed by atoms with E-state index in [-0.39, 0.29) is 18.3 Å². The van der Waals surface area contributed by atoms with Crippen molar-refractivity contribution in [2.75, 3.05) is 0 Å². The van der Waals surface area contributed by atoms with E-state index < -0.39 is 17.8 Å². The second-order valence-electron chi connectivity index (χ2n) is 5.64. The van der Waals surface area contributed by atoms with Gasteiger partial charge in [0.1, 0.15) is 17.2 Å². The number of halogens is 1. The molecule has 0 radical (unpaired) electrons. The van der Waals surface area contributed by atoms with Crippen molar-refractivity contribution in [2.45, 2.75) is 26.3 Å². The van der Waals surface area contributed by atoms with E-state index >= 15 is 0 Å². The molecule has 1 aromatic heterocycles. The number of aryl methyl sites for hydroxylation is 1. The third-order valence-corrected chi connectivity index (χ3v) is 4.35. The van der Waals surface area contributed by atoms with Gasteiger partial charge in [0.05, 0.1) is 18.4 Å². The number of hydrogen-bond donors (Lipinski definition) is 2. The molecule has 1 saturated carbocycles. The van der Waals surface area contributed by atoms with Crippen LogP contribution in [0.5, 0.6) is 0 Å². The van der Waals surface area contributed by atoms with E-state index in [4.69, 9.17) is 9.52 Å². The van der Waals surface area contributed by atoms with E-state index in [1.807, 2.05) is 0 Å². The third-order valence-electron chi connectivity index (χ3n) is 4.35. The van der Waals surface area contributed by atoms with E-state index in [0.29, 0.717) is 29.6 Å².